The molecule has 3 N–H and O–H groups in total. The summed E-state index contributed by atoms with van der Waals surface area (Å²) in [5.41, 5.74) is 6.90. The highest BCUT2D eigenvalue weighted by atomic mass is 16.2. The van der Waals surface area contributed by atoms with Gasteiger partial charge in [0.1, 0.15) is 5.82 Å². The van der Waals surface area contributed by atoms with E-state index < -0.39 is 11.8 Å². The number of hydrogen-bond donors (Lipinski definition) is 2. The van der Waals surface area contributed by atoms with Crippen LogP contribution in [-0.2, 0) is 9.59 Å². The highest BCUT2D eigenvalue weighted by Crippen LogP contribution is 2.23. The third-order valence-electron chi connectivity index (χ3n) is 4.15. The second-order valence-electron chi connectivity index (χ2n) is 6.19. The van der Waals surface area contributed by atoms with E-state index in [4.69, 9.17) is 5.73 Å². The summed E-state index contributed by atoms with van der Waals surface area (Å²) < 4.78 is 0. The first-order chi connectivity index (χ1) is 10.4. The minimum atomic E-state index is -0.612. The molecule has 1 aromatic heterocycles. The number of carbonyl (C=O) groups is 2. The van der Waals surface area contributed by atoms with Crippen molar-refractivity contribution >= 4 is 23.3 Å². The third kappa shape index (κ3) is 3.55. The Bertz CT molecular complexity index is 571. The van der Waals surface area contributed by atoms with Gasteiger partial charge in [-0.25, -0.2) is 4.98 Å². The van der Waals surface area contributed by atoms with E-state index in [1.54, 1.807) is 17.9 Å². The first kappa shape index (κ1) is 16.3. The predicted molar refractivity (Wildman–Crippen MR) is 86.2 cm³/mol. The largest absolute Gasteiger partial charge is 0.383 e. The van der Waals surface area contributed by atoms with Crippen LogP contribution in [0.15, 0.2) is 12.3 Å². The number of anilines is 2. The minimum absolute atomic E-state index is 0.137. The van der Waals surface area contributed by atoms with Crippen LogP contribution in [0.3, 0.4) is 0 Å². The SMILES string of the molecule is Cc1cc(NC(=O)C(=O)N2CCCC[C@@H]2C(C)C)cnc1N. The van der Waals surface area contributed by atoms with Gasteiger partial charge < -0.3 is 16.0 Å². The number of carbonyl (C=O) groups excluding carboxylic acids is 2. The van der Waals surface area contributed by atoms with Crippen molar-refractivity contribution in [2.75, 3.05) is 17.6 Å². The molecule has 1 aromatic rings. The van der Waals surface area contributed by atoms with E-state index in [1.807, 2.05) is 0 Å². The number of hydrogen-bond acceptors (Lipinski definition) is 4. The van der Waals surface area contributed by atoms with Crippen LogP contribution in [0.5, 0.6) is 0 Å². The molecule has 2 rings (SSSR count). The quantitative estimate of drug-likeness (QED) is 0.817. The zero-order chi connectivity index (χ0) is 16.3. The number of nitrogens with one attached hydrogen (secondary N) is 1. The van der Waals surface area contributed by atoms with E-state index in [1.165, 1.54) is 6.20 Å². The molecule has 1 atom stereocenters. The average molecular weight is 304 g/mol. The van der Waals surface area contributed by atoms with Crippen molar-refractivity contribution in [1.29, 1.82) is 0 Å². The number of piperidine rings is 1. The Balaban J connectivity index is 2.07. The van der Waals surface area contributed by atoms with Crippen molar-refractivity contribution in [3.05, 3.63) is 17.8 Å². The summed E-state index contributed by atoms with van der Waals surface area (Å²) in [4.78, 5) is 30.3. The van der Waals surface area contributed by atoms with Crippen molar-refractivity contribution in [3.63, 3.8) is 0 Å². The molecule has 1 aliphatic heterocycles. The number of likely N-dealkylation sites (tertiary alicyclic amines) is 1. The van der Waals surface area contributed by atoms with E-state index in [9.17, 15) is 9.59 Å². The molecule has 2 amide bonds. The Morgan fingerprint density at radius 2 is 2.14 bits per heavy atom. The van der Waals surface area contributed by atoms with Crippen LogP contribution in [0.1, 0.15) is 38.7 Å². The van der Waals surface area contributed by atoms with Gasteiger partial charge in [0, 0.05) is 12.6 Å². The Labute approximate surface area is 131 Å². The molecule has 22 heavy (non-hydrogen) atoms. The van der Waals surface area contributed by atoms with Crippen molar-refractivity contribution < 1.29 is 9.59 Å². The van der Waals surface area contributed by atoms with Gasteiger partial charge in [-0.15, -0.1) is 0 Å². The van der Waals surface area contributed by atoms with Gasteiger partial charge in [-0.1, -0.05) is 13.8 Å². The van der Waals surface area contributed by atoms with Gasteiger partial charge in [-0.2, -0.15) is 0 Å². The number of nitrogen functional groups attached to an aromatic ring is 1. The lowest BCUT2D eigenvalue weighted by Crippen LogP contribution is -2.50. The Kier molecular flexibility index (Phi) is 5.00. The average Bonchev–Trinajstić information content (AvgIpc) is 2.50. The Morgan fingerprint density at radius 1 is 1.41 bits per heavy atom. The molecular weight excluding hydrogens is 280 g/mol. The highest BCUT2D eigenvalue weighted by molar-refractivity contribution is 6.39. The second kappa shape index (κ2) is 6.77. The molecule has 0 aliphatic carbocycles. The first-order valence-corrected chi connectivity index (χ1v) is 7.74. The zero-order valence-corrected chi connectivity index (χ0v) is 13.4. The van der Waals surface area contributed by atoms with E-state index in [2.05, 4.69) is 24.1 Å². The van der Waals surface area contributed by atoms with Crippen LogP contribution in [0.4, 0.5) is 11.5 Å². The topological polar surface area (TPSA) is 88.3 Å². The first-order valence-electron chi connectivity index (χ1n) is 7.74. The van der Waals surface area contributed by atoms with Crippen molar-refractivity contribution in [2.24, 2.45) is 5.92 Å². The molecule has 0 radical (unpaired) electrons. The van der Waals surface area contributed by atoms with E-state index in [0.717, 1.165) is 24.8 Å². The van der Waals surface area contributed by atoms with Gasteiger partial charge in [-0.05, 0) is 43.7 Å². The molecule has 6 heteroatoms. The van der Waals surface area contributed by atoms with E-state index in [0.29, 0.717) is 24.0 Å². The van der Waals surface area contributed by atoms with Crippen LogP contribution in [0, 0.1) is 12.8 Å². The standard InChI is InChI=1S/C16H24N4O2/c1-10(2)13-6-4-5-7-20(13)16(22)15(21)19-12-8-11(3)14(17)18-9-12/h8-10,13H,4-7H2,1-3H3,(H2,17,18)(H,19,21)/t13-/m1/s1. The lowest BCUT2D eigenvalue weighted by Gasteiger charge is -2.37. The predicted octanol–water partition coefficient (Wildman–Crippen LogP) is 1.95. The van der Waals surface area contributed by atoms with Gasteiger partial charge >= 0.3 is 11.8 Å². The van der Waals surface area contributed by atoms with Gasteiger partial charge in [0.2, 0.25) is 0 Å². The Hall–Kier alpha value is -2.11. The molecule has 0 unspecified atom stereocenters. The molecule has 120 valence electrons. The lowest BCUT2D eigenvalue weighted by molar-refractivity contribution is -0.146. The molecule has 1 fully saturated rings. The number of amides is 2. The molecular formula is C16H24N4O2. The van der Waals surface area contributed by atoms with Gasteiger partial charge in [-0.3, -0.25) is 9.59 Å². The maximum atomic E-state index is 12.4. The maximum absolute atomic E-state index is 12.4. The zero-order valence-electron chi connectivity index (χ0n) is 13.4. The third-order valence-corrected chi connectivity index (χ3v) is 4.15. The van der Waals surface area contributed by atoms with E-state index >= 15 is 0 Å². The number of nitrogens with two attached hydrogens (primary N) is 1. The minimum Gasteiger partial charge on any atom is -0.383 e. The normalized spacial score (nSPS) is 18.4. The summed E-state index contributed by atoms with van der Waals surface area (Å²) in [7, 11) is 0. The van der Waals surface area contributed by atoms with Crippen molar-refractivity contribution in [2.45, 2.75) is 46.1 Å². The molecule has 1 aliphatic rings. The van der Waals surface area contributed by atoms with E-state index in [-0.39, 0.29) is 6.04 Å². The van der Waals surface area contributed by atoms with Gasteiger partial charge in [0.05, 0.1) is 11.9 Å². The number of aromatic nitrogens is 1. The lowest BCUT2D eigenvalue weighted by atomic mass is 9.92. The summed E-state index contributed by atoms with van der Waals surface area (Å²) in [6.07, 6.45) is 4.48. The fraction of sp³-hybridized carbons (Fsp3) is 0.562. The summed E-state index contributed by atoms with van der Waals surface area (Å²) in [6.45, 7) is 6.62. The van der Waals surface area contributed by atoms with Gasteiger partial charge in [0.25, 0.3) is 0 Å². The molecule has 2 heterocycles. The van der Waals surface area contributed by atoms with Crippen LogP contribution in [0.25, 0.3) is 0 Å². The fourth-order valence-electron chi connectivity index (χ4n) is 2.87. The highest BCUT2D eigenvalue weighted by Gasteiger charge is 2.32. The molecule has 6 nitrogen and oxygen atoms in total. The van der Waals surface area contributed by atoms with Crippen LogP contribution in [0.2, 0.25) is 0 Å². The Morgan fingerprint density at radius 3 is 2.77 bits per heavy atom. The van der Waals surface area contributed by atoms with Crippen molar-refractivity contribution in [3.8, 4) is 0 Å². The monoisotopic (exact) mass is 304 g/mol. The fourth-order valence-corrected chi connectivity index (χ4v) is 2.87. The van der Waals surface area contributed by atoms with Crippen LogP contribution < -0.4 is 11.1 Å². The molecule has 0 bridgehead atoms. The molecule has 0 spiro atoms. The van der Waals surface area contributed by atoms with Crippen LogP contribution >= 0.6 is 0 Å². The molecule has 0 aromatic carbocycles. The smallest absolute Gasteiger partial charge is 0.313 e. The van der Waals surface area contributed by atoms with Crippen molar-refractivity contribution in [1.82, 2.24) is 9.88 Å². The summed E-state index contributed by atoms with van der Waals surface area (Å²) >= 11 is 0. The molecule has 1 saturated heterocycles. The summed E-state index contributed by atoms with van der Waals surface area (Å²) in [6, 6.07) is 1.85. The number of aryl methyl sites for hydroxylation is 1. The number of nitrogens with zero attached hydrogens (tertiary/aromatic N) is 2. The second-order valence-corrected chi connectivity index (χ2v) is 6.19. The van der Waals surface area contributed by atoms with Gasteiger partial charge in [0.15, 0.2) is 0 Å². The molecule has 0 saturated carbocycles. The number of rotatable bonds is 2. The summed E-state index contributed by atoms with van der Waals surface area (Å²) in [5, 5.41) is 2.62. The van der Waals surface area contributed by atoms with Crippen LogP contribution in [-0.4, -0.2) is 34.3 Å². The summed E-state index contributed by atoms with van der Waals surface area (Å²) in [5.74, 6) is -0.316. The number of pyridine rings is 1. The maximum Gasteiger partial charge on any atom is 0.313 e.